The third-order valence-corrected chi connectivity index (χ3v) is 6.97. The summed E-state index contributed by atoms with van der Waals surface area (Å²) >= 11 is 1.36. The smallest absolute Gasteiger partial charge is 0.345 e. The highest BCUT2D eigenvalue weighted by molar-refractivity contribution is 7.14. The first-order valence-corrected chi connectivity index (χ1v) is 10.5. The molecule has 2 aromatic heterocycles. The summed E-state index contributed by atoms with van der Waals surface area (Å²) in [4.78, 5) is 27.4. The molecule has 0 radical (unpaired) electrons. The lowest BCUT2D eigenvalue weighted by atomic mass is 9.82. The predicted molar refractivity (Wildman–Crippen MR) is 105 cm³/mol. The minimum Gasteiger partial charge on any atom is -0.477 e. The monoisotopic (exact) mass is 403 g/mol. The molecule has 2 aromatic rings. The van der Waals surface area contributed by atoms with E-state index in [0.717, 1.165) is 28.2 Å². The van der Waals surface area contributed by atoms with E-state index in [2.05, 4.69) is 5.10 Å². The first-order chi connectivity index (χ1) is 13.4. The van der Waals surface area contributed by atoms with Crippen LogP contribution < -0.4 is 0 Å². The van der Waals surface area contributed by atoms with Crippen molar-refractivity contribution in [2.24, 2.45) is 0 Å². The summed E-state index contributed by atoms with van der Waals surface area (Å²) < 4.78 is 8.05. The average molecular weight is 404 g/mol. The molecule has 0 aliphatic carbocycles. The van der Waals surface area contributed by atoms with Gasteiger partial charge in [0.2, 0.25) is 5.91 Å². The number of hydrogen-bond donors (Lipinski definition) is 1. The maximum absolute atomic E-state index is 12.7. The first-order valence-electron chi connectivity index (χ1n) is 9.67. The van der Waals surface area contributed by atoms with E-state index >= 15 is 0 Å². The van der Waals surface area contributed by atoms with Crippen LogP contribution in [0.4, 0.5) is 0 Å². The number of rotatable bonds is 4. The van der Waals surface area contributed by atoms with E-state index in [1.807, 2.05) is 29.5 Å². The van der Waals surface area contributed by atoms with E-state index in [1.54, 1.807) is 6.07 Å². The molecule has 0 atom stereocenters. The highest BCUT2D eigenvalue weighted by atomic mass is 32.1. The van der Waals surface area contributed by atoms with Gasteiger partial charge in [0, 0.05) is 43.0 Å². The molecule has 2 aliphatic heterocycles. The number of aryl methyl sites for hydroxylation is 3. The van der Waals surface area contributed by atoms with Gasteiger partial charge in [-0.05, 0) is 44.4 Å². The van der Waals surface area contributed by atoms with Crippen molar-refractivity contribution in [2.45, 2.75) is 51.7 Å². The van der Waals surface area contributed by atoms with Gasteiger partial charge in [0.15, 0.2) is 0 Å². The molecule has 4 heterocycles. The summed E-state index contributed by atoms with van der Waals surface area (Å²) in [5, 5.41) is 13.7. The maximum Gasteiger partial charge on any atom is 0.345 e. The Morgan fingerprint density at radius 3 is 2.68 bits per heavy atom. The molecule has 4 rings (SSSR count). The van der Waals surface area contributed by atoms with Gasteiger partial charge in [0.1, 0.15) is 4.88 Å². The van der Waals surface area contributed by atoms with Crippen LogP contribution >= 0.6 is 11.3 Å². The van der Waals surface area contributed by atoms with E-state index < -0.39 is 11.6 Å². The number of carbonyl (C=O) groups excluding carboxylic acids is 1. The van der Waals surface area contributed by atoms with Crippen molar-refractivity contribution in [3.8, 4) is 0 Å². The molecule has 1 N–H and O–H groups in total. The van der Waals surface area contributed by atoms with Crippen LogP contribution in [0.1, 0.15) is 50.8 Å². The molecule has 0 saturated carbocycles. The van der Waals surface area contributed by atoms with Crippen molar-refractivity contribution in [2.75, 3.05) is 19.7 Å². The number of aromatic carboxylic acids is 1. The lowest BCUT2D eigenvalue weighted by Crippen LogP contribution is -2.48. The van der Waals surface area contributed by atoms with Crippen LogP contribution in [-0.2, 0) is 28.1 Å². The van der Waals surface area contributed by atoms with Crippen LogP contribution in [0.15, 0.2) is 12.1 Å². The third-order valence-electron chi connectivity index (χ3n) is 5.78. The van der Waals surface area contributed by atoms with Gasteiger partial charge in [0.05, 0.1) is 17.9 Å². The number of carboxylic acids is 1. The number of carbonyl (C=O) groups is 2. The molecule has 0 bridgehead atoms. The fraction of sp³-hybridized carbons (Fsp3) is 0.550. The molecule has 0 aromatic carbocycles. The minimum absolute atomic E-state index is 0.134. The second-order valence-corrected chi connectivity index (χ2v) is 8.76. The Morgan fingerprint density at radius 1 is 1.29 bits per heavy atom. The summed E-state index contributed by atoms with van der Waals surface area (Å²) in [5.41, 5.74) is 2.62. The largest absolute Gasteiger partial charge is 0.477 e. The van der Waals surface area contributed by atoms with Gasteiger partial charge in [-0.2, -0.15) is 5.10 Å². The van der Waals surface area contributed by atoms with E-state index in [9.17, 15) is 14.7 Å². The molecule has 1 fully saturated rings. The molecule has 2 aliphatic rings. The summed E-state index contributed by atoms with van der Waals surface area (Å²) in [7, 11) is 0. The molecule has 8 heteroatoms. The molecule has 7 nitrogen and oxygen atoms in total. The van der Waals surface area contributed by atoms with Crippen molar-refractivity contribution < 1.29 is 19.4 Å². The summed E-state index contributed by atoms with van der Waals surface area (Å²) in [6.07, 6.45) is 2.62. The zero-order valence-corrected chi connectivity index (χ0v) is 17.0. The minimum atomic E-state index is -0.883. The molecule has 150 valence electrons. The Morgan fingerprint density at radius 2 is 2.04 bits per heavy atom. The number of fused-ring (bicyclic) bond motifs is 2. The van der Waals surface area contributed by atoms with Crippen LogP contribution in [0.5, 0.6) is 0 Å². The van der Waals surface area contributed by atoms with Gasteiger partial charge in [-0.15, -0.1) is 11.3 Å². The van der Waals surface area contributed by atoms with Gasteiger partial charge in [-0.1, -0.05) is 0 Å². The number of carboxylic acid groups (broad SMARTS) is 1. The van der Waals surface area contributed by atoms with E-state index in [-0.39, 0.29) is 5.91 Å². The van der Waals surface area contributed by atoms with Crippen LogP contribution in [-0.4, -0.2) is 51.4 Å². The highest BCUT2D eigenvalue weighted by Gasteiger charge is 2.43. The Hall–Kier alpha value is -2.19. The Labute approximate surface area is 167 Å². The fourth-order valence-corrected chi connectivity index (χ4v) is 5.38. The van der Waals surface area contributed by atoms with Crippen molar-refractivity contribution in [1.29, 1.82) is 0 Å². The topological polar surface area (TPSA) is 84.7 Å². The fourth-order valence-electron chi connectivity index (χ4n) is 4.31. The zero-order chi connectivity index (χ0) is 19.9. The number of aromatic nitrogens is 2. The SMILES string of the molecule is Cc1cc(C)n(CCC(=O)N2CCC3(CC2)OCCc2sc(C(=O)O)cc23)n1. The predicted octanol–water partition coefficient (Wildman–Crippen LogP) is 2.74. The van der Waals surface area contributed by atoms with Gasteiger partial charge in [-0.25, -0.2) is 4.79 Å². The maximum atomic E-state index is 12.7. The Bertz CT molecular complexity index is 909. The molecule has 1 saturated heterocycles. The van der Waals surface area contributed by atoms with E-state index in [0.29, 0.717) is 50.4 Å². The molecular weight excluding hydrogens is 378 g/mol. The molecule has 1 spiro atoms. The number of piperidine rings is 1. The lowest BCUT2D eigenvalue weighted by molar-refractivity contribution is -0.140. The normalized spacial score (nSPS) is 18.3. The third kappa shape index (κ3) is 3.46. The molecular formula is C20H25N3O4S. The number of likely N-dealkylation sites (tertiary alicyclic amines) is 1. The second-order valence-electron chi connectivity index (χ2n) is 7.63. The number of nitrogens with zero attached hydrogens (tertiary/aromatic N) is 3. The van der Waals surface area contributed by atoms with E-state index in [1.165, 1.54) is 11.3 Å². The summed E-state index contributed by atoms with van der Waals surface area (Å²) in [6, 6.07) is 3.79. The number of amides is 1. The van der Waals surface area contributed by atoms with Crippen molar-refractivity contribution >= 4 is 23.2 Å². The van der Waals surface area contributed by atoms with Crippen LogP contribution in [0.3, 0.4) is 0 Å². The molecule has 0 unspecified atom stereocenters. The quantitative estimate of drug-likeness (QED) is 0.849. The van der Waals surface area contributed by atoms with Gasteiger partial charge in [-0.3, -0.25) is 9.48 Å². The van der Waals surface area contributed by atoms with Crippen molar-refractivity contribution in [3.05, 3.63) is 38.8 Å². The van der Waals surface area contributed by atoms with Gasteiger partial charge < -0.3 is 14.7 Å². The van der Waals surface area contributed by atoms with Gasteiger partial charge in [0.25, 0.3) is 0 Å². The van der Waals surface area contributed by atoms with Crippen molar-refractivity contribution in [3.63, 3.8) is 0 Å². The first kappa shape index (κ1) is 19.1. The molecule has 1 amide bonds. The van der Waals surface area contributed by atoms with Crippen molar-refractivity contribution in [1.82, 2.24) is 14.7 Å². The Balaban J connectivity index is 1.40. The standard InChI is InChI=1S/C20H25N3O4S/c1-13-11-14(2)23(21-13)7-3-18(24)22-8-5-20(6-9-22)15-12-17(19(25)26)28-16(15)4-10-27-20/h11-12H,3-10H2,1-2H3,(H,25,26). The van der Waals surface area contributed by atoms with Gasteiger partial charge >= 0.3 is 5.97 Å². The zero-order valence-electron chi connectivity index (χ0n) is 16.2. The number of ether oxygens (including phenoxy) is 1. The summed E-state index contributed by atoms with van der Waals surface area (Å²) in [5.74, 6) is -0.749. The average Bonchev–Trinajstić information content (AvgIpc) is 3.24. The second kappa shape index (κ2) is 7.33. The van der Waals surface area contributed by atoms with Crippen LogP contribution in [0.25, 0.3) is 0 Å². The Kier molecular flexibility index (Phi) is 5.01. The highest BCUT2D eigenvalue weighted by Crippen LogP contribution is 2.44. The molecule has 28 heavy (non-hydrogen) atoms. The number of thiophene rings is 1. The van der Waals surface area contributed by atoms with E-state index in [4.69, 9.17) is 4.74 Å². The lowest BCUT2D eigenvalue weighted by Gasteiger charge is -2.44. The van der Waals surface area contributed by atoms with Crippen LogP contribution in [0.2, 0.25) is 0 Å². The number of hydrogen-bond acceptors (Lipinski definition) is 5. The van der Waals surface area contributed by atoms with Crippen LogP contribution in [0, 0.1) is 13.8 Å². The summed E-state index contributed by atoms with van der Waals surface area (Å²) in [6.45, 7) is 6.42.